The Hall–Kier alpha value is -0.540. The van der Waals surface area contributed by atoms with Gasteiger partial charge in [0.2, 0.25) is 0 Å². The van der Waals surface area contributed by atoms with Crippen molar-refractivity contribution in [1.29, 1.82) is 0 Å². The number of halogens is 2. The van der Waals surface area contributed by atoms with Crippen LogP contribution in [0.1, 0.15) is 28.8 Å². The monoisotopic (exact) mass is 329 g/mol. The van der Waals surface area contributed by atoms with Gasteiger partial charge in [-0.1, -0.05) is 27.5 Å². The van der Waals surface area contributed by atoms with Gasteiger partial charge in [-0.2, -0.15) is 0 Å². The number of carbonyl (C=O) groups excluding carboxylic acids is 1. The van der Waals surface area contributed by atoms with Crippen LogP contribution < -0.4 is 0 Å². The summed E-state index contributed by atoms with van der Waals surface area (Å²) in [7, 11) is 1.87. The molecular formula is C14H17BrClNO. The largest absolute Gasteiger partial charge is 0.341 e. The van der Waals surface area contributed by atoms with Gasteiger partial charge in [0, 0.05) is 29.0 Å². The van der Waals surface area contributed by atoms with Crippen LogP contribution in [-0.2, 0) is 0 Å². The Morgan fingerprint density at radius 2 is 2.17 bits per heavy atom. The van der Waals surface area contributed by atoms with Crippen LogP contribution in [0.3, 0.4) is 0 Å². The summed E-state index contributed by atoms with van der Waals surface area (Å²) in [6.07, 6.45) is 2.33. The Balaban J connectivity index is 1.99. The number of rotatable bonds is 3. The summed E-state index contributed by atoms with van der Waals surface area (Å²) >= 11 is 9.54. The molecule has 0 heterocycles. The molecule has 0 N–H and O–H groups in total. The number of carbonyl (C=O) groups is 1. The van der Waals surface area contributed by atoms with Crippen molar-refractivity contribution in [2.45, 2.75) is 24.6 Å². The highest BCUT2D eigenvalue weighted by Crippen LogP contribution is 2.33. The second-order valence-electron chi connectivity index (χ2n) is 5.08. The van der Waals surface area contributed by atoms with Gasteiger partial charge in [0.1, 0.15) is 0 Å². The predicted molar refractivity (Wildman–Crippen MR) is 78.6 cm³/mol. The predicted octanol–water partition coefficient (Wildman–Crippen LogP) is 3.89. The third-order valence-corrected chi connectivity index (χ3v) is 4.63. The fraction of sp³-hybridized carbons (Fsp3) is 0.500. The van der Waals surface area contributed by atoms with E-state index in [1.54, 1.807) is 12.1 Å². The van der Waals surface area contributed by atoms with Crippen molar-refractivity contribution in [2.75, 3.05) is 13.6 Å². The normalized spacial score (nSPS) is 22.4. The molecule has 0 radical (unpaired) electrons. The van der Waals surface area contributed by atoms with Crippen LogP contribution >= 0.6 is 27.5 Å². The molecule has 0 aromatic heterocycles. The van der Waals surface area contributed by atoms with Gasteiger partial charge in [0.25, 0.3) is 5.91 Å². The van der Waals surface area contributed by atoms with Gasteiger partial charge in [-0.15, -0.1) is 0 Å². The molecule has 0 aliphatic heterocycles. The van der Waals surface area contributed by atoms with Crippen LogP contribution in [0.5, 0.6) is 0 Å². The molecule has 2 nitrogen and oxygen atoms in total. The topological polar surface area (TPSA) is 20.3 Å². The lowest BCUT2D eigenvalue weighted by atomic mass is 9.85. The molecule has 1 aliphatic carbocycles. The van der Waals surface area contributed by atoms with Gasteiger partial charge >= 0.3 is 0 Å². The van der Waals surface area contributed by atoms with Crippen molar-refractivity contribution in [2.24, 2.45) is 5.92 Å². The van der Waals surface area contributed by atoms with Crippen LogP contribution in [-0.4, -0.2) is 29.2 Å². The summed E-state index contributed by atoms with van der Waals surface area (Å²) in [6, 6.07) is 5.44. The highest BCUT2D eigenvalue weighted by molar-refractivity contribution is 9.09. The third-order valence-electron chi connectivity index (χ3n) is 3.46. The summed E-state index contributed by atoms with van der Waals surface area (Å²) < 4.78 is 0. The molecule has 18 heavy (non-hydrogen) atoms. The highest BCUT2D eigenvalue weighted by atomic mass is 79.9. The number of hydrogen-bond acceptors (Lipinski definition) is 1. The lowest BCUT2D eigenvalue weighted by Gasteiger charge is -2.34. The Labute approximate surface area is 121 Å². The SMILES string of the molecule is Cc1cc(C(=O)N(C)CC2CC(Br)C2)ccc1Cl. The zero-order valence-corrected chi connectivity index (χ0v) is 13.0. The Bertz CT molecular complexity index is 457. The first kappa shape index (κ1) is 13.9. The minimum atomic E-state index is 0.0767. The van der Waals surface area contributed by atoms with Gasteiger partial charge in [-0.25, -0.2) is 0 Å². The van der Waals surface area contributed by atoms with Gasteiger partial charge in [0.15, 0.2) is 0 Å². The van der Waals surface area contributed by atoms with E-state index < -0.39 is 0 Å². The van der Waals surface area contributed by atoms with E-state index in [0.717, 1.165) is 24.9 Å². The molecule has 98 valence electrons. The summed E-state index contributed by atoms with van der Waals surface area (Å²) in [5, 5.41) is 0.704. The molecule has 0 spiro atoms. The van der Waals surface area contributed by atoms with Gasteiger partial charge in [0.05, 0.1) is 0 Å². The molecule has 4 heteroatoms. The molecule has 0 unspecified atom stereocenters. The van der Waals surface area contributed by atoms with Crippen molar-refractivity contribution < 1.29 is 4.79 Å². The summed E-state index contributed by atoms with van der Waals surface area (Å²) in [5.41, 5.74) is 1.66. The van der Waals surface area contributed by atoms with Crippen LogP contribution in [0.2, 0.25) is 5.02 Å². The van der Waals surface area contributed by atoms with Crippen LogP contribution in [0, 0.1) is 12.8 Å². The summed E-state index contributed by atoms with van der Waals surface area (Å²) in [6.45, 7) is 2.75. The maximum absolute atomic E-state index is 12.2. The van der Waals surface area contributed by atoms with Crippen molar-refractivity contribution in [1.82, 2.24) is 4.90 Å². The Morgan fingerprint density at radius 3 is 2.72 bits per heavy atom. The molecule has 1 aliphatic rings. The van der Waals surface area contributed by atoms with E-state index in [1.807, 2.05) is 24.9 Å². The summed E-state index contributed by atoms with van der Waals surface area (Å²) in [5.74, 6) is 0.713. The number of aryl methyl sites for hydroxylation is 1. The second kappa shape index (κ2) is 5.62. The molecule has 1 saturated carbocycles. The first-order valence-electron chi connectivity index (χ1n) is 6.13. The lowest BCUT2D eigenvalue weighted by molar-refractivity contribution is 0.0748. The van der Waals surface area contributed by atoms with Crippen LogP contribution in [0.25, 0.3) is 0 Å². The Morgan fingerprint density at radius 1 is 1.50 bits per heavy atom. The second-order valence-corrected chi connectivity index (χ2v) is 6.79. The zero-order valence-electron chi connectivity index (χ0n) is 10.6. The minimum absolute atomic E-state index is 0.0767. The van der Waals surface area contributed by atoms with Crippen molar-refractivity contribution in [3.8, 4) is 0 Å². The maximum Gasteiger partial charge on any atom is 0.253 e. The molecule has 1 fully saturated rings. The standard InChI is InChI=1S/C14H17BrClNO/c1-9-5-11(3-4-13(9)16)14(18)17(2)8-10-6-12(15)7-10/h3-5,10,12H,6-8H2,1-2H3. The maximum atomic E-state index is 12.2. The number of amides is 1. The van der Waals surface area contributed by atoms with E-state index in [4.69, 9.17) is 11.6 Å². The summed E-state index contributed by atoms with van der Waals surface area (Å²) in [4.78, 5) is 14.7. The van der Waals surface area contributed by atoms with Gasteiger partial charge in [-0.05, 0) is 49.4 Å². The first-order chi connectivity index (χ1) is 8.47. The molecule has 0 saturated heterocycles. The van der Waals surface area contributed by atoms with E-state index in [2.05, 4.69) is 15.9 Å². The van der Waals surface area contributed by atoms with E-state index in [9.17, 15) is 4.79 Å². The molecule has 0 bridgehead atoms. The quantitative estimate of drug-likeness (QED) is 0.770. The van der Waals surface area contributed by atoms with Gasteiger partial charge in [-0.3, -0.25) is 4.79 Å². The Kier molecular flexibility index (Phi) is 4.33. The van der Waals surface area contributed by atoms with Crippen LogP contribution in [0.4, 0.5) is 0 Å². The fourth-order valence-corrected chi connectivity index (χ4v) is 3.45. The van der Waals surface area contributed by atoms with E-state index in [-0.39, 0.29) is 5.91 Å². The van der Waals surface area contributed by atoms with E-state index >= 15 is 0 Å². The van der Waals surface area contributed by atoms with Gasteiger partial charge < -0.3 is 4.90 Å². The molecule has 2 rings (SSSR count). The number of hydrogen-bond donors (Lipinski definition) is 0. The van der Waals surface area contributed by atoms with E-state index in [0.29, 0.717) is 21.3 Å². The molecule has 0 atom stereocenters. The molecule has 1 amide bonds. The average Bonchev–Trinajstić information content (AvgIpc) is 2.29. The highest BCUT2D eigenvalue weighted by Gasteiger charge is 2.28. The van der Waals surface area contributed by atoms with Crippen molar-refractivity contribution in [3.63, 3.8) is 0 Å². The molecule has 1 aromatic rings. The fourth-order valence-electron chi connectivity index (χ4n) is 2.27. The lowest BCUT2D eigenvalue weighted by Crippen LogP contribution is -2.37. The molecule has 1 aromatic carbocycles. The zero-order chi connectivity index (χ0) is 13.3. The molecular weight excluding hydrogens is 314 g/mol. The average molecular weight is 331 g/mol. The van der Waals surface area contributed by atoms with Crippen LogP contribution in [0.15, 0.2) is 18.2 Å². The number of alkyl halides is 1. The first-order valence-corrected chi connectivity index (χ1v) is 7.42. The minimum Gasteiger partial charge on any atom is -0.341 e. The number of benzene rings is 1. The number of nitrogens with zero attached hydrogens (tertiary/aromatic N) is 1. The third kappa shape index (κ3) is 3.07. The van der Waals surface area contributed by atoms with Crippen molar-refractivity contribution >= 4 is 33.4 Å². The smallest absolute Gasteiger partial charge is 0.253 e. The van der Waals surface area contributed by atoms with E-state index in [1.165, 1.54) is 0 Å². The van der Waals surface area contributed by atoms with Crippen molar-refractivity contribution in [3.05, 3.63) is 34.3 Å².